The molecule has 2 aromatic rings. The lowest BCUT2D eigenvalue weighted by Crippen LogP contribution is -2.15. The Bertz CT molecular complexity index is 620. The number of halogens is 1. The third-order valence-corrected chi connectivity index (χ3v) is 3.16. The molecule has 5 heteroatoms. The van der Waals surface area contributed by atoms with Gasteiger partial charge in [-0.25, -0.2) is 0 Å². The Kier molecular flexibility index (Phi) is 4.39. The summed E-state index contributed by atoms with van der Waals surface area (Å²) in [5.74, 6) is -0.261. The fraction of sp³-hybridized carbons (Fsp3) is 0.400. The van der Waals surface area contributed by atoms with Crippen molar-refractivity contribution in [1.82, 2.24) is 9.88 Å². The van der Waals surface area contributed by atoms with Gasteiger partial charge in [0.05, 0.1) is 5.52 Å². The van der Waals surface area contributed by atoms with Gasteiger partial charge in [-0.1, -0.05) is 13.0 Å². The molecule has 108 valence electrons. The number of hydrogen-bond acceptors (Lipinski definition) is 3. The second kappa shape index (κ2) is 6.05. The number of nitrogens with zero attached hydrogens (tertiary/aromatic N) is 1. The maximum Gasteiger partial charge on any atom is 0.310 e. The van der Waals surface area contributed by atoms with Crippen molar-refractivity contribution in [3.8, 4) is 5.75 Å². The number of fused-ring (bicyclic) bond motifs is 1. The number of nitrogens with one attached hydrogen (secondary N) is 1. The molecule has 0 aliphatic heterocycles. The third kappa shape index (κ3) is 2.99. The van der Waals surface area contributed by atoms with Crippen molar-refractivity contribution in [2.45, 2.75) is 19.8 Å². The average molecular weight is 278 g/mol. The highest BCUT2D eigenvalue weighted by molar-refractivity contribution is 5.91. The number of benzene rings is 1. The lowest BCUT2D eigenvalue weighted by molar-refractivity contribution is -0.133. The molecule has 0 saturated carbocycles. The quantitative estimate of drug-likeness (QED) is 0.675. The fourth-order valence-electron chi connectivity index (χ4n) is 2.10. The van der Waals surface area contributed by atoms with E-state index < -0.39 is 0 Å². The first-order valence-electron chi connectivity index (χ1n) is 6.67. The SMILES string of the molecule is CCC(=O)Oc1cccc2[nH]c(F)c(CCN(C)C)c12. The first kappa shape index (κ1) is 14.5. The molecule has 1 heterocycles. The Morgan fingerprint density at radius 3 is 2.80 bits per heavy atom. The van der Waals surface area contributed by atoms with Gasteiger partial charge in [0.25, 0.3) is 0 Å². The number of carbonyl (C=O) groups excluding carboxylic acids is 1. The van der Waals surface area contributed by atoms with Gasteiger partial charge in [-0.05, 0) is 32.6 Å². The highest BCUT2D eigenvalue weighted by Crippen LogP contribution is 2.31. The maximum atomic E-state index is 14.0. The highest BCUT2D eigenvalue weighted by atomic mass is 19.1. The second-order valence-electron chi connectivity index (χ2n) is 4.98. The van der Waals surface area contributed by atoms with E-state index in [2.05, 4.69) is 4.98 Å². The van der Waals surface area contributed by atoms with E-state index in [1.165, 1.54) is 0 Å². The molecule has 20 heavy (non-hydrogen) atoms. The van der Waals surface area contributed by atoms with E-state index in [4.69, 9.17) is 4.74 Å². The molecule has 0 saturated heterocycles. The van der Waals surface area contributed by atoms with E-state index in [9.17, 15) is 9.18 Å². The van der Waals surface area contributed by atoms with Gasteiger partial charge in [0, 0.05) is 23.9 Å². The van der Waals surface area contributed by atoms with Gasteiger partial charge in [0.1, 0.15) is 5.75 Å². The van der Waals surface area contributed by atoms with Crippen molar-refractivity contribution in [3.05, 3.63) is 29.7 Å². The molecule has 0 bridgehead atoms. The number of H-pyrrole nitrogens is 1. The van der Waals surface area contributed by atoms with Crippen molar-refractivity contribution >= 4 is 16.9 Å². The number of hydrogen-bond donors (Lipinski definition) is 1. The minimum absolute atomic E-state index is 0.288. The Hall–Kier alpha value is -1.88. The second-order valence-corrected chi connectivity index (χ2v) is 4.98. The molecule has 0 radical (unpaired) electrons. The highest BCUT2D eigenvalue weighted by Gasteiger charge is 2.17. The standard InChI is InChI=1S/C15H19FN2O2/c1-4-13(19)20-12-7-5-6-11-14(12)10(15(16)17-11)8-9-18(2)3/h5-7,17H,4,8-9H2,1-3H3. The molecule has 0 spiro atoms. The Morgan fingerprint density at radius 2 is 2.15 bits per heavy atom. The molecule has 0 fully saturated rings. The minimum atomic E-state index is -0.359. The lowest BCUT2D eigenvalue weighted by atomic mass is 10.1. The number of carbonyl (C=O) groups is 1. The number of likely N-dealkylation sites (N-methyl/N-ethyl adjacent to an activating group) is 1. The number of aromatic nitrogens is 1. The van der Waals surface area contributed by atoms with E-state index in [-0.39, 0.29) is 18.3 Å². The minimum Gasteiger partial charge on any atom is -0.426 e. The number of rotatable bonds is 5. The van der Waals surface area contributed by atoms with Crippen LogP contribution in [0.5, 0.6) is 5.75 Å². The summed E-state index contributed by atoms with van der Waals surface area (Å²) < 4.78 is 19.3. The zero-order valence-corrected chi connectivity index (χ0v) is 12.0. The van der Waals surface area contributed by atoms with Crippen molar-refractivity contribution < 1.29 is 13.9 Å². The van der Waals surface area contributed by atoms with Crippen molar-refractivity contribution in [2.24, 2.45) is 0 Å². The summed E-state index contributed by atoms with van der Waals surface area (Å²) in [6, 6.07) is 5.22. The third-order valence-electron chi connectivity index (χ3n) is 3.16. The molecule has 0 amide bonds. The summed E-state index contributed by atoms with van der Waals surface area (Å²) in [4.78, 5) is 16.2. The van der Waals surface area contributed by atoms with Gasteiger partial charge >= 0.3 is 5.97 Å². The van der Waals surface area contributed by atoms with Crippen LogP contribution in [0.15, 0.2) is 18.2 Å². The monoisotopic (exact) mass is 278 g/mol. The molecule has 2 rings (SSSR count). The van der Waals surface area contributed by atoms with Crippen LogP contribution in [0, 0.1) is 5.95 Å². The average Bonchev–Trinajstić information content (AvgIpc) is 2.72. The molecule has 1 N–H and O–H groups in total. The van der Waals surface area contributed by atoms with Crippen LogP contribution < -0.4 is 4.74 Å². The van der Waals surface area contributed by atoms with Crippen LogP contribution in [0.1, 0.15) is 18.9 Å². The van der Waals surface area contributed by atoms with E-state index in [1.54, 1.807) is 25.1 Å². The summed E-state index contributed by atoms with van der Waals surface area (Å²) in [5, 5.41) is 0.661. The Morgan fingerprint density at radius 1 is 1.40 bits per heavy atom. The molecule has 0 aliphatic carbocycles. The summed E-state index contributed by atoms with van der Waals surface area (Å²) in [7, 11) is 3.87. The fourth-order valence-corrected chi connectivity index (χ4v) is 2.10. The summed E-state index contributed by atoms with van der Waals surface area (Å²) in [6.45, 7) is 2.45. The van der Waals surface area contributed by atoms with Gasteiger partial charge in [0.2, 0.25) is 0 Å². The summed E-state index contributed by atoms with van der Waals surface area (Å²) in [5.41, 5.74) is 1.21. The molecule has 0 atom stereocenters. The van der Waals surface area contributed by atoms with Crippen molar-refractivity contribution in [1.29, 1.82) is 0 Å². The zero-order valence-electron chi connectivity index (χ0n) is 12.0. The van der Waals surface area contributed by atoms with Crippen LogP contribution in [-0.2, 0) is 11.2 Å². The van der Waals surface area contributed by atoms with Crippen molar-refractivity contribution in [2.75, 3.05) is 20.6 Å². The molecule has 0 aliphatic rings. The Balaban J connectivity index is 2.44. The summed E-state index contributed by atoms with van der Waals surface area (Å²) in [6.07, 6.45) is 0.843. The van der Waals surface area contributed by atoms with Crippen LogP contribution >= 0.6 is 0 Å². The predicted molar refractivity (Wildman–Crippen MR) is 76.4 cm³/mol. The molecule has 1 aromatic carbocycles. The van der Waals surface area contributed by atoms with Gasteiger partial charge in [-0.3, -0.25) is 4.79 Å². The van der Waals surface area contributed by atoms with Crippen molar-refractivity contribution in [3.63, 3.8) is 0 Å². The number of aromatic amines is 1. The Labute approximate surface area is 117 Å². The predicted octanol–water partition coefficient (Wildman–Crippen LogP) is 2.73. The van der Waals surface area contributed by atoms with Crippen LogP contribution in [-0.4, -0.2) is 36.5 Å². The van der Waals surface area contributed by atoms with Crippen LogP contribution in [0.2, 0.25) is 0 Å². The van der Waals surface area contributed by atoms with Crippen LogP contribution in [0.3, 0.4) is 0 Å². The smallest absolute Gasteiger partial charge is 0.310 e. The topological polar surface area (TPSA) is 45.3 Å². The number of ether oxygens (including phenoxy) is 1. The molecule has 1 aromatic heterocycles. The number of esters is 1. The molecule has 0 unspecified atom stereocenters. The van der Waals surface area contributed by atoms with E-state index in [1.807, 2.05) is 19.0 Å². The van der Waals surface area contributed by atoms with Gasteiger partial charge < -0.3 is 14.6 Å². The molecule has 4 nitrogen and oxygen atoms in total. The summed E-state index contributed by atoms with van der Waals surface area (Å²) >= 11 is 0. The first-order valence-corrected chi connectivity index (χ1v) is 6.67. The van der Waals surface area contributed by atoms with Gasteiger partial charge in [-0.15, -0.1) is 0 Å². The maximum absolute atomic E-state index is 14.0. The van der Waals surface area contributed by atoms with E-state index in [0.29, 0.717) is 28.6 Å². The van der Waals surface area contributed by atoms with Gasteiger partial charge in [0.15, 0.2) is 5.95 Å². The van der Waals surface area contributed by atoms with Gasteiger partial charge in [-0.2, -0.15) is 4.39 Å². The lowest BCUT2D eigenvalue weighted by Gasteiger charge is -2.10. The van der Waals surface area contributed by atoms with Crippen LogP contribution in [0.4, 0.5) is 4.39 Å². The van der Waals surface area contributed by atoms with Crippen LogP contribution in [0.25, 0.3) is 10.9 Å². The van der Waals surface area contributed by atoms with E-state index >= 15 is 0 Å². The largest absolute Gasteiger partial charge is 0.426 e. The molecular weight excluding hydrogens is 259 g/mol. The first-order chi connectivity index (χ1) is 9.52. The normalized spacial score (nSPS) is 11.2. The molecular formula is C15H19FN2O2. The van der Waals surface area contributed by atoms with E-state index in [0.717, 1.165) is 6.54 Å². The zero-order chi connectivity index (χ0) is 14.7.